The molecule has 204 valence electrons. The van der Waals surface area contributed by atoms with E-state index in [4.69, 9.17) is 14.5 Å². The first kappa shape index (κ1) is 27.9. The lowest BCUT2D eigenvalue weighted by Crippen LogP contribution is -2.43. The standard InChI is InChI=1S/C22H21F3N3O9P/c23-22(24,25)15-9-26-13(8-14(15)12-4-2-1-3-5-12)10-28-17(29)6-7-27(21(28)32)20-19(31)18(30)16(37-20)11-36-38(33,34)35/h1-9,16,18-20,30-31H,10-11H2,(H2,33,34,35)/t16-,18?,19+,20-/m1/s1. The Morgan fingerprint density at radius 2 is 1.76 bits per heavy atom. The highest BCUT2D eigenvalue weighted by atomic mass is 31.2. The fourth-order valence-electron chi connectivity index (χ4n) is 3.97. The van der Waals surface area contributed by atoms with Crippen LogP contribution in [0.25, 0.3) is 11.1 Å². The lowest BCUT2D eigenvalue weighted by atomic mass is 10.0. The van der Waals surface area contributed by atoms with Gasteiger partial charge in [-0.2, -0.15) is 13.2 Å². The Morgan fingerprint density at radius 3 is 2.39 bits per heavy atom. The summed E-state index contributed by atoms with van der Waals surface area (Å²) in [7, 11) is -4.92. The van der Waals surface area contributed by atoms with E-state index in [9.17, 15) is 37.5 Å². The third-order valence-electron chi connectivity index (χ3n) is 5.78. The molecule has 16 heteroatoms. The van der Waals surface area contributed by atoms with Crippen LogP contribution in [0.5, 0.6) is 0 Å². The number of phosphoric acid groups is 1. The van der Waals surface area contributed by atoms with E-state index in [1.54, 1.807) is 18.2 Å². The van der Waals surface area contributed by atoms with Crippen molar-refractivity contribution in [3.05, 3.63) is 87.0 Å². The van der Waals surface area contributed by atoms with Gasteiger partial charge in [0.2, 0.25) is 0 Å². The third-order valence-corrected chi connectivity index (χ3v) is 6.27. The van der Waals surface area contributed by atoms with E-state index < -0.39 is 68.5 Å². The van der Waals surface area contributed by atoms with Gasteiger partial charge in [0.25, 0.3) is 5.56 Å². The number of nitrogens with zero attached hydrogens (tertiary/aromatic N) is 3. The van der Waals surface area contributed by atoms with E-state index in [0.29, 0.717) is 10.8 Å². The average molecular weight is 559 g/mol. The number of benzene rings is 1. The molecular weight excluding hydrogens is 538 g/mol. The molecule has 3 aromatic rings. The molecule has 1 aliphatic heterocycles. The van der Waals surface area contributed by atoms with Crippen molar-refractivity contribution in [2.45, 2.75) is 37.3 Å². The van der Waals surface area contributed by atoms with Crippen LogP contribution in [-0.4, -0.2) is 59.0 Å². The summed E-state index contributed by atoms with van der Waals surface area (Å²) in [6.45, 7) is -1.35. The summed E-state index contributed by atoms with van der Waals surface area (Å²) in [5.74, 6) is 0. The second kappa shape index (κ2) is 10.5. The molecule has 0 radical (unpaired) electrons. The molecule has 12 nitrogen and oxygen atoms in total. The van der Waals surface area contributed by atoms with Crippen LogP contribution in [0.15, 0.2) is 64.4 Å². The summed E-state index contributed by atoms with van der Waals surface area (Å²) in [6.07, 6.45) is -9.60. The van der Waals surface area contributed by atoms with Crippen LogP contribution >= 0.6 is 7.82 Å². The average Bonchev–Trinajstić information content (AvgIpc) is 3.13. The Hall–Kier alpha value is -3.17. The Labute approximate surface area is 211 Å². The molecular formula is C22H21F3N3O9P. The first-order valence-corrected chi connectivity index (χ1v) is 12.4. The van der Waals surface area contributed by atoms with Crippen molar-refractivity contribution >= 4 is 7.82 Å². The van der Waals surface area contributed by atoms with Crippen LogP contribution in [-0.2, 0) is 26.5 Å². The van der Waals surface area contributed by atoms with Gasteiger partial charge >= 0.3 is 19.7 Å². The molecule has 1 fully saturated rings. The Balaban J connectivity index is 1.68. The second-order valence-corrected chi connectivity index (χ2v) is 9.59. The number of aliphatic hydroxyl groups is 2. The Morgan fingerprint density at radius 1 is 1.08 bits per heavy atom. The normalized spacial score (nSPS) is 22.1. The number of ether oxygens (including phenoxy) is 1. The fraction of sp³-hybridized carbons (Fsp3) is 0.318. The monoisotopic (exact) mass is 559 g/mol. The lowest BCUT2D eigenvalue weighted by molar-refractivity contribution is -0.137. The van der Waals surface area contributed by atoms with Gasteiger partial charge in [-0.15, -0.1) is 0 Å². The summed E-state index contributed by atoms with van der Waals surface area (Å²) < 4.78 is 62.8. The number of aromatic nitrogens is 3. The van der Waals surface area contributed by atoms with E-state index in [0.717, 1.165) is 22.9 Å². The van der Waals surface area contributed by atoms with Gasteiger partial charge in [-0.1, -0.05) is 30.3 Å². The zero-order valence-electron chi connectivity index (χ0n) is 19.2. The molecule has 3 heterocycles. The lowest BCUT2D eigenvalue weighted by Gasteiger charge is -2.19. The maximum absolute atomic E-state index is 13.6. The molecule has 4 atom stereocenters. The summed E-state index contributed by atoms with van der Waals surface area (Å²) in [4.78, 5) is 47.1. The number of pyridine rings is 1. The van der Waals surface area contributed by atoms with Gasteiger partial charge in [0, 0.05) is 18.5 Å². The minimum Gasteiger partial charge on any atom is -0.387 e. The van der Waals surface area contributed by atoms with Gasteiger partial charge < -0.3 is 24.7 Å². The zero-order chi connectivity index (χ0) is 27.8. The van der Waals surface area contributed by atoms with Gasteiger partial charge in [-0.3, -0.25) is 23.4 Å². The molecule has 1 aliphatic rings. The molecule has 0 amide bonds. The molecule has 1 aromatic carbocycles. The molecule has 1 saturated heterocycles. The SMILES string of the molecule is O=c1ccn([C@@H]2O[C@H](COP(=O)(O)O)C(O)[C@@H]2O)c(=O)n1Cc1cc(-c2ccccc2)c(C(F)(F)F)cn1. The predicted molar refractivity (Wildman–Crippen MR) is 123 cm³/mol. The van der Waals surface area contributed by atoms with Crippen molar-refractivity contribution in [3.8, 4) is 11.1 Å². The van der Waals surface area contributed by atoms with Gasteiger partial charge in [0.1, 0.15) is 18.3 Å². The number of hydrogen-bond acceptors (Lipinski definition) is 8. The summed E-state index contributed by atoms with van der Waals surface area (Å²) in [6, 6.07) is 9.71. The number of halogens is 3. The van der Waals surface area contributed by atoms with Crippen molar-refractivity contribution in [1.29, 1.82) is 0 Å². The van der Waals surface area contributed by atoms with E-state index >= 15 is 0 Å². The number of aliphatic hydroxyl groups excluding tert-OH is 2. The van der Waals surface area contributed by atoms with Crippen LogP contribution in [0.2, 0.25) is 0 Å². The molecule has 4 N–H and O–H groups in total. The second-order valence-electron chi connectivity index (χ2n) is 8.35. The van der Waals surface area contributed by atoms with Crippen molar-refractivity contribution in [3.63, 3.8) is 0 Å². The fourth-order valence-corrected chi connectivity index (χ4v) is 4.31. The van der Waals surface area contributed by atoms with Crippen LogP contribution in [0.1, 0.15) is 17.5 Å². The molecule has 0 saturated carbocycles. The Kier molecular flexibility index (Phi) is 7.72. The quantitative estimate of drug-likeness (QED) is 0.304. The van der Waals surface area contributed by atoms with Gasteiger partial charge in [0.15, 0.2) is 6.23 Å². The smallest absolute Gasteiger partial charge is 0.387 e. The van der Waals surface area contributed by atoms with Crippen LogP contribution < -0.4 is 11.2 Å². The number of rotatable bonds is 7. The largest absolute Gasteiger partial charge is 0.469 e. The number of hydrogen-bond donors (Lipinski definition) is 4. The predicted octanol–water partition coefficient (Wildman–Crippen LogP) is 0.868. The highest BCUT2D eigenvalue weighted by Crippen LogP contribution is 2.38. The minimum absolute atomic E-state index is 0.0466. The summed E-state index contributed by atoms with van der Waals surface area (Å²) in [5, 5.41) is 20.5. The molecule has 2 aromatic heterocycles. The molecule has 0 aliphatic carbocycles. The van der Waals surface area contributed by atoms with Crippen molar-refractivity contribution in [2.24, 2.45) is 0 Å². The molecule has 1 unspecified atom stereocenters. The highest BCUT2D eigenvalue weighted by Gasteiger charge is 2.45. The van der Waals surface area contributed by atoms with E-state index in [2.05, 4.69) is 9.51 Å². The number of phosphoric ester groups is 1. The highest BCUT2D eigenvalue weighted by molar-refractivity contribution is 7.46. The third kappa shape index (κ3) is 5.94. The van der Waals surface area contributed by atoms with Crippen molar-refractivity contribution in [1.82, 2.24) is 14.1 Å². The first-order chi connectivity index (χ1) is 17.8. The van der Waals surface area contributed by atoms with E-state index in [-0.39, 0.29) is 16.8 Å². The maximum Gasteiger partial charge on any atom is 0.469 e. The molecule has 0 bridgehead atoms. The minimum atomic E-state index is -4.92. The van der Waals surface area contributed by atoms with Crippen molar-refractivity contribution in [2.75, 3.05) is 6.61 Å². The van der Waals surface area contributed by atoms with Gasteiger partial charge in [-0.05, 0) is 17.2 Å². The maximum atomic E-state index is 13.6. The topological polar surface area (TPSA) is 173 Å². The summed E-state index contributed by atoms with van der Waals surface area (Å²) >= 11 is 0. The Bertz CT molecular complexity index is 1470. The van der Waals surface area contributed by atoms with Gasteiger partial charge in [0.05, 0.1) is 24.4 Å². The molecule has 4 rings (SSSR count). The zero-order valence-corrected chi connectivity index (χ0v) is 20.1. The summed E-state index contributed by atoms with van der Waals surface area (Å²) in [5.41, 5.74) is -2.91. The van der Waals surface area contributed by atoms with Crippen LogP contribution in [0.4, 0.5) is 13.2 Å². The van der Waals surface area contributed by atoms with Gasteiger partial charge in [-0.25, -0.2) is 9.36 Å². The molecule has 38 heavy (non-hydrogen) atoms. The number of alkyl halides is 3. The first-order valence-electron chi connectivity index (χ1n) is 10.9. The van der Waals surface area contributed by atoms with Crippen molar-refractivity contribution < 1.29 is 47.0 Å². The molecule has 0 spiro atoms. The van der Waals surface area contributed by atoms with E-state index in [1.165, 1.54) is 12.1 Å². The van der Waals surface area contributed by atoms with Crippen LogP contribution in [0, 0.1) is 0 Å². The van der Waals surface area contributed by atoms with Crippen LogP contribution in [0.3, 0.4) is 0 Å². The van der Waals surface area contributed by atoms with E-state index in [1.807, 2.05) is 0 Å².